The Bertz CT molecular complexity index is 1170. The fourth-order valence-electron chi connectivity index (χ4n) is 3.15. The third-order valence-corrected chi connectivity index (χ3v) is 5.97. The van der Waals surface area contributed by atoms with Gasteiger partial charge in [-0.25, -0.2) is 5.43 Å². The van der Waals surface area contributed by atoms with Crippen LogP contribution in [0.15, 0.2) is 59.7 Å². The van der Waals surface area contributed by atoms with Gasteiger partial charge in [-0.15, -0.1) is 0 Å². The average molecular weight is 501 g/mol. The highest BCUT2D eigenvalue weighted by Gasteiger charge is 2.15. The van der Waals surface area contributed by atoms with E-state index in [2.05, 4.69) is 10.5 Å². The second-order valence-electron chi connectivity index (χ2n) is 7.66. The molecule has 3 aromatic rings. The Morgan fingerprint density at radius 2 is 1.76 bits per heavy atom. The van der Waals surface area contributed by atoms with Gasteiger partial charge in [0.2, 0.25) is 0 Å². The molecule has 0 saturated heterocycles. The summed E-state index contributed by atoms with van der Waals surface area (Å²) in [5.41, 5.74) is 5.86. The summed E-state index contributed by atoms with van der Waals surface area (Å²) in [6, 6.07) is 16.4. The number of aryl methyl sites for hydroxylation is 2. The van der Waals surface area contributed by atoms with Gasteiger partial charge in [-0.3, -0.25) is 4.79 Å². The lowest BCUT2D eigenvalue weighted by Gasteiger charge is -2.15. The number of hydrazone groups is 1. The normalized spacial score (nSPS) is 11.8. The van der Waals surface area contributed by atoms with Crippen LogP contribution in [-0.2, 0) is 11.4 Å². The Morgan fingerprint density at radius 1 is 1.06 bits per heavy atom. The van der Waals surface area contributed by atoms with Gasteiger partial charge in [0.1, 0.15) is 12.4 Å². The van der Waals surface area contributed by atoms with E-state index in [0.717, 1.165) is 22.3 Å². The van der Waals surface area contributed by atoms with Gasteiger partial charge in [-0.1, -0.05) is 41.4 Å². The maximum Gasteiger partial charge on any atom is 0.280 e. The lowest BCUT2D eigenvalue weighted by molar-refractivity contribution is -0.127. The summed E-state index contributed by atoms with van der Waals surface area (Å²) in [6.07, 6.45) is 0.772. The van der Waals surface area contributed by atoms with Gasteiger partial charge in [0, 0.05) is 15.6 Å². The van der Waals surface area contributed by atoms with Crippen molar-refractivity contribution in [1.82, 2.24) is 5.43 Å². The Labute approximate surface area is 209 Å². The van der Waals surface area contributed by atoms with Crippen LogP contribution < -0.4 is 19.6 Å². The standard InChI is InChI=1S/C26H26Cl2N2O4/c1-16-11-21(12-17(2)25(16)28)34-18(3)26(31)30-29-14-19-9-10-23(24(13-19)32-4)33-15-20-7-5-6-8-22(20)27/h5-14,18H,15H2,1-4H3,(H,30,31). The molecule has 3 aromatic carbocycles. The van der Waals surface area contributed by atoms with Crippen molar-refractivity contribution in [3.05, 3.63) is 86.9 Å². The second kappa shape index (κ2) is 11.8. The molecule has 1 N–H and O–H groups in total. The van der Waals surface area contributed by atoms with Gasteiger partial charge in [-0.05, 0) is 73.9 Å². The fraction of sp³-hybridized carbons (Fsp3) is 0.231. The van der Waals surface area contributed by atoms with Crippen LogP contribution in [0.3, 0.4) is 0 Å². The molecule has 0 aliphatic carbocycles. The minimum Gasteiger partial charge on any atom is -0.493 e. The first-order valence-electron chi connectivity index (χ1n) is 10.6. The number of ether oxygens (including phenoxy) is 3. The Balaban J connectivity index is 1.58. The third-order valence-electron chi connectivity index (χ3n) is 5.01. The molecule has 1 unspecified atom stereocenters. The average Bonchev–Trinajstić information content (AvgIpc) is 2.82. The van der Waals surface area contributed by atoms with Crippen LogP contribution in [0.4, 0.5) is 0 Å². The maximum absolute atomic E-state index is 12.4. The van der Waals surface area contributed by atoms with E-state index >= 15 is 0 Å². The van der Waals surface area contributed by atoms with Crippen LogP contribution in [0.1, 0.15) is 29.2 Å². The first kappa shape index (κ1) is 25.4. The van der Waals surface area contributed by atoms with Gasteiger partial charge in [0.15, 0.2) is 17.6 Å². The molecule has 0 aliphatic heterocycles. The van der Waals surface area contributed by atoms with Crippen molar-refractivity contribution in [2.45, 2.75) is 33.5 Å². The Morgan fingerprint density at radius 3 is 2.44 bits per heavy atom. The van der Waals surface area contributed by atoms with Gasteiger partial charge in [0.25, 0.3) is 5.91 Å². The predicted octanol–water partition coefficient (Wildman–Crippen LogP) is 6.12. The fourth-order valence-corrected chi connectivity index (χ4v) is 3.45. The molecular formula is C26H26Cl2N2O4. The van der Waals surface area contributed by atoms with Crippen LogP contribution in [0.2, 0.25) is 10.0 Å². The summed E-state index contributed by atoms with van der Waals surface area (Å²) >= 11 is 12.4. The number of halogens is 2. The molecule has 1 atom stereocenters. The molecule has 178 valence electrons. The Kier molecular flexibility index (Phi) is 8.79. The summed E-state index contributed by atoms with van der Waals surface area (Å²) in [5.74, 6) is 1.29. The molecule has 0 aromatic heterocycles. The summed E-state index contributed by atoms with van der Waals surface area (Å²) in [4.78, 5) is 12.4. The number of benzene rings is 3. The van der Waals surface area contributed by atoms with Crippen molar-refractivity contribution in [2.24, 2.45) is 5.10 Å². The van der Waals surface area contributed by atoms with Gasteiger partial charge in [-0.2, -0.15) is 5.10 Å². The highest BCUT2D eigenvalue weighted by atomic mass is 35.5. The molecule has 1 amide bonds. The van der Waals surface area contributed by atoms with Gasteiger partial charge >= 0.3 is 0 Å². The predicted molar refractivity (Wildman–Crippen MR) is 136 cm³/mol. The first-order chi connectivity index (χ1) is 16.3. The topological polar surface area (TPSA) is 69.2 Å². The first-order valence-corrected chi connectivity index (χ1v) is 11.3. The second-order valence-corrected chi connectivity index (χ2v) is 8.44. The summed E-state index contributed by atoms with van der Waals surface area (Å²) in [7, 11) is 1.56. The van der Waals surface area contributed by atoms with Crippen molar-refractivity contribution in [3.8, 4) is 17.2 Å². The number of methoxy groups -OCH3 is 1. The number of hydrogen-bond acceptors (Lipinski definition) is 5. The molecule has 8 heteroatoms. The lowest BCUT2D eigenvalue weighted by Crippen LogP contribution is -2.33. The van der Waals surface area contributed by atoms with Crippen molar-refractivity contribution in [2.75, 3.05) is 7.11 Å². The molecule has 0 fully saturated rings. The molecule has 6 nitrogen and oxygen atoms in total. The number of carbonyl (C=O) groups is 1. The summed E-state index contributed by atoms with van der Waals surface area (Å²) < 4.78 is 17.0. The van der Waals surface area contributed by atoms with Crippen LogP contribution in [-0.4, -0.2) is 25.3 Å². The largest absolute Gasteiger partial charge is 0.493 e. The van der Waals surface area contributed by atoms with E-state index in [1.54, 1.807) is 44.4 Å². The number of carbonyl (C=O) groups excluding carboxylic acids is 1. The van der Waals surface area contributed by atoms with Crippen molar-refractivity contribution >= 4 is 35.3 Å². The monoisotopic (exact) mass is 500 g/mol. The van der Waals surface area contributed by atoms with E-state index in [1.807, 2.05) is 38.1 Å². The van der Waals surface area contributed by atoms with Crippen molar-refractivity contribution < 1.29 is 19.0 Å². The molecule has 0 aliphatic rings. The van der Waals surface area contributed by atoms with Crippen LogP contribution in [0.5, 0.6) is 17.2 Å². The molecule has 34 heavy (non-hydrogen) atoms. The summed E-state index contributed by atoms with van der Waals surface area (Å²) in [5, 5.41) is 5.35. The van der Waals surface area contributed by atoms with E-state index in [1.165, 1.54) is 6.21 Å². The molecular weight excluding hydrogens is 475 g/mol. The number of hydrogen-bond donors (Lipinski definition) is 1. The molecule has 0 spiro atoms. The van der Waals surface area contributed by atoms with E-state index in [0.29, 0.717) is 33.9 Å². The quantitative estimate of drug-likeness (QED) is 0.284. The minimum absolute atomic E-state index is 0.310. The zero-order valence-electron chi connectivity index (χ0n) is 19.4. The SMILES string of the molecule is COc1cc(C=NNC(=O)C(C)Oc2cc(C)c(Cl)c(C)c2)ccc1OCc1ccccc1Cl. The third kappa shape index (κ3) is 6.65. The molecule has 0 radical (unpaired) electrons. The lowest BCUT2D eigenvalue weighted by atomic mass is 10.1. The maximum atomic E-state index is 12.4. The number of nitrogens with zero attached hydrogens (tertiary/aromatic N) is 1. The van der Waals surface area contributed by atoms with E-state index < -0.39 is 6.10 Å². The molecule has 3 rings (SSSR count). The molecule has 0 saturated carbocycles. The van der Waals surface area contributed by atoms with E-state index in [9.17, 15) is 4.79 Å². The highest BCUT2D eigenvalue weighted by Crippen LogP contribution is 2.29. The molecule has 0 bridgehead atoms. The van der Waals surface area contributed by atoms with Crippen LogP contribution in [0, 0.1) is 13.8 Å². The van der Waals surface area contributed by atoms with Crippen molar-refractivity contribution in [1.29, 1.82) is 0 Å². The molecule has 0 heterocycles. The zero-order chi connectivity index (χ0) is 24.7. The van der Waals surface area contributed by atoms with E-state index in [-0.39, 0.29) is 5.91 Å². The number of rotatable bonds is 9. The number of amides is 1. The smallest absolute Gasteiger partial charge is 0.280 e. The van der Waals surface area contributed by atoms with Crippen LogP contribution in [0.25, 0.3) is 0 Å². The van der Waals surface area contributed by atoms with Gasteiger partial charge < -0.3 is 14.2 Å². The zero-order valence-corrected chi connectivity index (χ0v) is 20.9. The number of nitrogens with one attached hydrogen (secondary N) is 1. The minimum atomic E-state index is -0.743. The summed E-state index contributed by atoms with van der Waals surface area (Å²) in [6.45, 7) is 5.74. The van der Waals surface area contributed by atoms with Gasteiger partial charge in [0.05, 0.1) is 13.3 Å². The van der Waals surface area contributed by atoms with Crippen molar-refractivity contribution in [3.63, 3.8) is 0 Å². The van der Waals surface area contributed by atoms with Crippen LogP contribution >= 0.6 is 23.2 Å². The van der Waals surface area contributed by atoms with E-state index in [4.69, 9.17) is 37.4 Å². The highest BCUT2D eigenvalue weighted by molar-refractivity contribution is 6.32. The Hall–Kier alpha value is -3.22.